The van der Waals surface area contributed by atoms with Crippen LogP contribution in [0.3, 0.4) is 0 Å². The van der Waals surface area contributed by atoms with Gasteiger partial charge >= 0.3 is 0 Å². The van der Waals surface area contributed by atoms with Gasteiger partial charge in [0.15, 0.2) is 0 Å². The Bertz CT molecular complexity index is 1950. The zero-order valence-corrected chi connectivity index (χ0v) is 33.1. The molecule has 0 N–H and O–H groups in total. The minimum Gasteiger partial charge on any atom is -0.335 e. The normalized spacial score (nSPS) is 44.7. The van der Waals surface area contributed by atoms with Crippen molar-refractivity contribution in [2.24, 2.45) is 47.3 Å². The number of anilines is 4. The molecule has 12 unspecified atom stereocenters. The highest BCUT2D eigenvalue weighted by molar-refractivity contribution is 7.00. The molecule has 0 saturated heterocycles. The SMILES string of the molecule is CC12c3cccc4c3N(c3cccc5c3B4c3cccc4c3N5C3(C)C5CCCCC5C5CCCCC5C43C)C1(C)C1CCCCC1C1CCCCC12. The number of para-hydroxylation sites is 2. The van der Waals surface area contributed by atoms with E-state index in [9.17, 15) is 0 Å². The highest BCUT2D eigenvalue weighted by Gasteiger charge is 2.74. The molecular formula is C50H61BN2. The highest BCUT2D eigenvalue weighted by atomic mass is 15.3. The Morgan fingerprint density at radius 3 is 1.25 bits per heavy atom. The van der Waals surface area contributed by atoms with Crippen molar-refractivity contribution in [3.63, 3.8) is 0 Å². The lowest BCUT2D eigenvalue weighted by atomic mass is 9.33. The van der Waals surface area contributed by atoms with Gasteiger partial charge in [-0.2, -0.15) is 0 Å². The molecule has 3 aromatic carbocycles. The van der Waals surface area contributed by atoms with Crippen LogP contribution in [0, 0.1) is 47.3 Å². The minimum atomic E-state index is 0.0926. The molecule has 3 heteroatoms. The molecule has 0 radical (unpaired) electrons. The van der Waals surface area contributed by atoms with Crippen LogP contribution in [0.15, 0.2) is 54.6 Å². The number of rotatable bonds is 0. The summed E-state index contributed by atoms with van der Waals surface area (Å²) in [5, 5.41) is 0. The maximum Gasteiger partial charge on any atom is 0.252 e. The van der Waals surface area contributed by atoms with E-state index in [0.717, 1.165) is 47.3 Å². The maximum atomic E-state index is 3.09. The third kappa shape index (κ3) is 3.22. The molecule has 0 spiro atoms. The fourth-order valence-corrected chi connectivity index (χ4v) is 18.6. The van der Waals surface area contributed by atoms with Crippen LogP contribution in [0.5, 0.6) is 0 Å². The van der Waals surface area contributed by atoms with Crippen LogP contribution in [-0.4, -0.2) is 17.8 Å². The van der Waals surface area contributed by atoms with Gasteiger partial charge in [0.05, 0.1) is 11.1 Å². The first kappa shape index (κ1) is 31.5. The summed E-state index contributed by atoms with van der Waals surface area (Å²) in [4.78, 5) is 6.18. The summed E-state index contributed by atoms with van der Waals surface area (Å²) in [6.45, 7) is 11.5. The summed E-state index contributed by atoms with van der Waals surface area (Å²) in [5.74, 6) is 6.67. The van der Waals surface area contributed by atoms with Crippen LogP contribution in [-0.2, 0) is 10.8 Å². The van der Waals surface area contributed by atoms with Crippen LogP contribution in [0.25, 0.3) is 0 Å². The molecule has 6 fully saturated rings. The number of nitrogens with zero attached hydrogens (tertiary/aromatic N) is 2. The van der Waals surface area contributed by atoms with Crippen LogP contribution >= 0.6 is 0 Å². The molecule has 274 valence electrons. The summed E-state index contributed by atoms with van der Waals surface area (Å²) in [5.41, 5.74) is 15.3. The Morgan fingerprint density at radius 1 is 0.453 bits per heavy atom. The summed E-state index contributed by atoms with van der Waals surface area (Å²) in [6, 6.07) is 23.2. The van der Waals surface area contributed by atoms with Crippen molar-refractivity contribution in [3.05, 3.63) is 65.7 Å². The zero-order chi connectivity index (χ0) is 35.2. The van der Waals surface area contributed by atoms with E-state index in [1.54, 1.807) is 50.3 Å². The van der Waals surface area contributed by atoms with E-state index in [4.69, 9.17) is 0 Å². The van der Waals surface area contributed by atoms with Crippen molar-refractivity contribution in [3.8, 4) is 0 Å². The number of fused-ring (bicyclic) bond motifs is 20. The van der Waals surface area contributed by atoms with Gasteiger partial charge in [0.25, 0.3) is 6.71 Å². The van der Waals surface area contributed by atoms with Gasteiger partial charge in [0.1, 0.15) is 0 Å². The van der Waals surface area contributed by atoms with Crippen molar-refractivity contribution in [2.45, 2.75) is 152 Å². The summed E-state index contributed by atoms with van der Waals surface area (Å²) in [7, 11) is 0. The van der Waals surface area contributed by atoms with Gasteiger partial charge in [-0.05, 0) is 152 Å². The number of benzene rings is 3. The Labute approximate surface area is 320 Å². The number of hydrogen-bond acceptors (Lipinski definition) is 2. The third-order valence-electron chi connectivity index (χ3n) is 20.5. The molecule has 4 heterocycles. The van der Waals surface area contributed by atoms with E-state index in [0.29, 0.717) is 6.71 Å². The molecule has 10 aliphatic rings. The molecule has 4 aliphatic heterocycles. The quantitative estimate of drug-likeness (QED) is 0.216. The average Bonchev–Trinajstić information content (AvgIpc) is 3.56. The topological polar surface area (TPSA) is 6.48 Å². The first-order chi connectivity index (χ1) is 25.9. The lowest BCUT2D eigenvalue weighted by Gasteiger charge is -2.66. The fraction of sp³-hybridized carbons (Fsp3) is 0.640. The van der Waals surface area contributed by atoms with Gasteiger partial charge in [-0.25, -0.2) is 0 Å². The van der Waals surface area contributed by atoms with E-state index < -0.39 is 0 Å². The van der Waals surface area contributed by atoms with Crippen molar-refractivity contribution < 1.29 is 0 Å². The van der Waals surface area contributed by atoms with Crippen molar-refractivity contribution >= 4 is 45.9 Å². The van der Waals surface area contributed by atoms with Gasteiger partial charge in [0.2, 0.25) is 0 Å². The highest BCUT2D eigenvalue weighted by Crippen LogP contribution is 2.73. The van der Waals surface area contributed by atoms with E-state index >= 15 is 0 Å². The van der Waals surface area contributed by atoms with Crippen LogP contribution in [0.4, 0.5) is 22.7 Å². The summed E-state index contributed by atoms with van der Waals surface area (Å²) >= 11 is 0. The van der Waals surface area contributed by atoms with Crippen molar-refractivity contribution in [2.75, 3.05) is 9.80 Å². The fourth-order valence-electron chi connectivity index (χ4n) is 18.6. The number of hydrogen-bond donors (Lipinski definition) is 0. The predicted molar refractivity (Wildman–Crippen MR) is 222 cm³/mol. The molecule has 0 aromatic heterocycles. The monoisotopic (exact) mass is 700 g/mol. The van der Waals surface area contributed by atoms with Gasteiger partial charge in [-0.15, -0.1) is 0 Å². The summed E-state index contributed by atoms with van der Waals surface area (Å²) < 4.78 is 0. The molecule has 12 atom stereocenters. The first-order valence-corrected chi connectivity index (χ1v) is 22.9. The second-order valence-electron chi connectivity index (χ2n) is 21.2. The Morgan fingerprint density at radius 2 is 0.811 bits per heavy atom. The van der Waals surface area contributed by atoms with Crippen LogP contribution in [0.2, 0.25) is 0 Å². The molecule has 53 heavy (non-hydrogen) atoms. The molecule has 6 saturated carbocycles. The molecular weight excluding hydrogens is 639 g/mol. The lowest BCUT2D eigenvalue weighted by molar-refractivity contribution is -0.0770. The van der Waals surface area contributed by atoms with Gasteiger partial charge in [0, 0.05) is 33.6 Å². The largest absolute Gasteiger partial charge is 0.335 e. The minimum absolute atomic E-state index is 0.0926. The maximum absolute atomic E-state index is 3.09. The van der Waals surface area contributed by atoms with E-state index in [-0.39, 0.29) is 21.9 Å². The van der Waals surface area contributed by atoms with Gasteiger partial charge in [-0.3, -0.25) is 0 Å². The Balaban J connectivity index is 1.10. The molecule has 6 aliphatic carbocycles. The Kier molecular flexibility index (Phi) is 6.06. The van der Waals surface area contributed by atoms with Crippen LogP contribution in [0.1, 0.15) is 142 Å². The first-order valence-electron chi connectivity index (χ1n) is 22.9. The summed E-state index contributed by atoms with van der Waals surface area (Å²) in [6.07, 6.45) is 23.1. The second-order valence-corrected chi connectivity index (χ2v) is 21.2. The van der Waals surface area contributed by atoms with Crippen molar-refractivity contribution in [1.82, 2.24) is 0 Å². The smallest absolute Gasteiger partial charge is 0.252 e. The molecule has 0 bridgehead atoms. The van der Waals surface area contributed by atoms with E-state index in [2.05, 4.69) is 92.1 Å². The van der Waals surface area contributed by atoms with Gasteiger partial charge in [-0.1, -0.05) is 108 Å². The standard InChI is InChI=1S/C50H61BN2/c1-47-34-20-9-5-16-30(34)32-18-7-11-22-36(32)49(47,3)52-42-28-15-29-43-44(42)51(40-26-13-24-38(47)45(40)52)41-27-14-25-39-46(41)53(43)50(4)37-23-12-8-19-33(37)31-17-6-10-21-35(31)48(39,50)2/h13-15,24-37H,5-12,16-23H2,1-4H3. The Hall–Kier alpha value is -2.68. The second kappa shape index (κ2) is 10.2. The van der Waals surface area contributed by atoms with E-state index in [1.165, 1.54) is 103 Å². The van der Waals surface area contributed by atoms with Crippen molar-refractivity contribution in [1.29, 1.82) is 0 Å². The predicted octanol–water partition coefficient (Wildman–Crippen LogP) is 10.4. The van der Waals surface area contributed by atoms with Crippen LogP contribution < -0.4 is 26.2 Å². The zero-order valence-electron chi connectivity index (χ0n) is 33.1. The third-order valence-corrected chi connectivity index (χ3v) is 20.5. The lowest BCUT2D eigenvalue weighted by Crippen LogP contribution is -2.72. The molecule has 13 rings (SSSR count). The van der Waals surface area contributed by atoms with E-state index in [1.807, 2.05) is 0 Å². The molecule has 3 aromatic rings. The van der Waals surface area contributed by atoms with Gasteiger partial charge < -0.3 is 9.80 Å². The average molecular weight is 701 g/mol. The molecule has 0 amide bonds. The molecule has 2 nitrogen and oxygen atoms in total.